The zero-order chi connectivity index (χ0) is 19.3. The summed E-state index contributed by atoms with van der Waals surface area (Å²) in [7, 11) is 0. The Morgan fingerprint density at radius 2 is 1.36 bits per heavy atom. The zero-order valence-corrected chi connectivity index (χ0v) is 15.4. The number of ether oxygens (including phenoxy) is 3. The van der Waals surface area contributed by atoms with Gasteiger partial charge in [-0.2, -0.15) is 21.0 Å². The number of hydrogen-bond donors (Lipinski definition) is 0. The van der Waals surface area contributed by atoms with Crippen LogP contribution < -0.4 is 0 Å². The van der Waals surface area contributed by atoms with Crippen molar-refractivity contribution in [1.82, 2.24) is 0 Å². The molecule has 7 heteroatoms. The number of unbranched alkanes of at least 4 members (excludes halogenated alkanes) is 1. The molecule has 0 radical (unpaired) electrons. The lowest BCUT2D eigenvalue weighted by atomic mass is 9.61. The second-order valence-electron chi connectivity index (χ2n) is 5.57. The van der Waals surface area contributed by atoms with Gasteiger partial charge >= 0.3 is 0 Å². The molecule has 0 aromatic rings. The smallest absolute Gasteiger partial charge is 0.201 e. The average molecular weight is 346 g/mol. The van der Waals surface area contributed by atoms with Crippen LogP contribution in [0.3, 0.4) is 0 Å². The predicted molar refractivity (Wildman–Crippen MR) is 89.3 cm³/mol. The molecule has 0 heterocycles. The summed E-state index contributed by atoms with van der Waals surface area (Å²) in [5, 5.41) is 39.0. The van der Waals surface area contributed by atoms with Crippen molar-refractivity contribution in [3.8, 4) is 24.3 Å². The fourth-order valence-electron chi connectivity index (χ4n) is 2.52. The lowest BCUT2D eigenvalue weighted by molar-refractivity contribution is -0.156. The lowest BCUT2D eigenvalue weighted by Gasteiger charge is -2.37. The molecule has 1 atom stereocenters. The van der Waals surface area contributed by atoms with Gasteiger partial charge in [-0.05, 0) is 27.2 Å². The SMILES string of the molecule is CCCCOC(C)C(C#N)(C#N)C(C#N)(C#N)CC(OCC)OCC. The third-order valence-corrected chi connectivity index (χ3v) is 4.06. The second kappa shape index (κ2) is 11.4. The van der Waals surface area contributed by atoms with Gasteiger partial charge in [0.25, 0.3) is 0 Å². The molecule has 0 fully saturated rings. The van der Waals surface area contributed by atoms with E-state index in [9.17, 15) is 21.0 Å². The van der Waals surface area contributed by atoms with E-state index in [0.29, 0.717) is 19.8 Å². The van der Waals surface area contributed by atoms with Gasteiger partial charge < -0.3 is 14.2 Å². The Hall–Kier alpha value is -2.16. The molecule has 0 amide bonds. The first-order valence-electron chi connectivity index (χ1n) is 8.47. The average Bonchev–Trinajstić information content (AvgIpc) is 2.62. The van der Waals surface area contributed by atoms with E-state index < -0.39 is 23.2 Å². The Balaban J connectivity index is 5.87. The van der Waals surface area contributed by atoms with Gasteiger partial charge in [0, 0.05) is 26.2 Å². The van der Waals surface area contributed by atoms with Gasteiger partial charge in [-0.25, -0.2) is 0 Å². The molecule has 0 aliphatic rings. The summed E-state index contributed by atoms with van der Waals surface area (Å²) >= 11 is 0. The molecule has 0 aliphatic carbocycles. The highest BCUT2D eigenvalue weighted by molar-refractivity contribution is 5.36. The van der Waals surface area contributed by atoms with Gasteiger partial charge in [0.2, 0.25) is 5.41 Å². The van der Waals surface area contributed by atoms with Crippen LogP contribution in [0.5, 0.6) is 0 Å². The predicted octanol–water partition coefficient (Wildman–Crippen LogP) is 3.05. The lowest BCUT2D eigenvalue weighted by Crippen LogP contribution is -2.49. The van der Waals surface area contributed by atoms with E-state index in [1.165, 1.54) is 0 Å². The van der Waals surface area contributed by atoms with Crippen molar-refractivity contribution in [2.24, 2.45) is 10.8 Å². The maximum Gasteiger partial charge on any atom is 0.201 e. The van der Waals surface area contributed by atoms with Crippen molar-refractivity contribution in [1.29, 1.82) is 21.0 Å². The van der Waals surface area contributed by atoms with Crippen LogP contribution in [0.25, 0.3) is 0 Å². The fraction of sp³-hybridized carbons (Fsp3) is 0.778. The van der Waals surface area contributed by atoms with Gasteiger partial charge in [0.05, 0.1) is 30.4 Å². The maximum atomic E-state index is 9.74. The van der Waals surface area contributed by atoms with E-state index in [0.717, 1.165) is 12.8 Å². The Labute approximate surface area is 150 Å². The van der Waals surface area contributed by atoms with Crippen molar-refractivity contribution >= 4 is 0 Å². The highest BCUT2D eigenvalue weighted by Gasteiger charge is 2.59. The first-order chi connectivity index (χ1) is 12.0. The highest BCUT2D eigenvalue weighted by atomic mass is 16.7. The first kappa shape index (κ1) is 22.8. The van der Waals surface area contributed by atoms with E-state index in [1.807, 2.05) is 31.2 Å². The first-order valence-corrected chi connectivity index (χ1v) is 8.47. The summed E-state index contributed by atoms with van der Waals surface area (Å²) in [6.07, 6.45) is -0.360. The molecule has 0 bridgehead atoms. The van der Waals surface area contributed by atoms with Crippen LogP contribution in [0.15, 0.2) is 0 Å². The summed E-state index contributed by atoms with van der Waals surface area (Å²) in [6, 6.07) is 7.53. The van der Waals surface area contributed by atoms with Crippen LogP contribution >= 0.6 is 0 Å². The minimum Gasteiger partial charge on any atom is -0.376 e. The van der Waals surface area contributed by atoms with Crippen LogP contribution in [0.4, 0.5) is 0 Å². The van der Waals surface area contributed by atoms with Crippen LogP contribution in [0.2, 0.25) is 0 Å². The maximum absolute atomic E-state index is 9.74. The fourth-order valence-corrected chi connectivity index (χ4v) is 2.52. The highest BCUT2D eigenvalue weighted by Crippen LogP contribution is 2.46. The Bertz CT molecular complexity index is 531. The molecular weight excluding hydrogens is 320 g/mol. The monoisotopic (exact) mass is 346 g/mol. The molecule has 0 aromatic carbocycles. The van der Waals surface area contributed by atoms with Crippen LogP contribution in [0.1, 0.15) is 47.0 Å². The second-order valence-corrected chi connectivity index (χ2v) is 5.57. The standard InChI is InChI=1S/C18H26N4O3/c1-5-8-9-25-15(4)18(13-21,14-22)17(11-19,12-20)10-16(23-6-2)24-7-3/h15-16H,5-10H2,1-4H3. The van der Waals surface area contributed by atoms with Crippen molar-refractivity contribution in [3.63, 3.8) is 0 Å². The van der Waals surface area contributed by atoms with Gasteiger partial charge in [0.15, 0.2) is 11.7 Å². The Kier molecular flexibility index (Phi) is 10.4. The zero-order valence-electron chi connectivity index (χ0n) is 15.4. The van der Waals surface area contributed by atoms with E-state index in [2.05, 4.69) is 0 Å². The summed E-state index contributed by atoms with van der Waals surface area (Å²) in [5.74, 6) is 0. The summed E-state index contributed by atoms with van der Waals surface area (Å²) in [4.78, 5) is 0. The van der Waals surface area contributed by atoms with Crippen molar-refractivity contribution in [2.75, 3.05) is 19.8 Å². The third-order valence-electron chi connectivity index (χ3n) is 4.06. The van der Waals surface area contributed by atoms with Crippen LogP contribution in [-0.2, 0) is 14.2 Å². The van der Waals surface area contributed by atoms with Crippen molar-refractivity contribution < 1.29 is 14.2 Å². The number of rotatable bonds is 12. The third kappa shape index (κ3) is 5.15. The quantitative estimate of drug-likeness (QED) is 0.393. The molecule has 0 aliphatic heterocycles. The molecule has 1 unspecified atom stereocenters. The van der Waals surface area contributed by atoms with Crippen molar-refractivity contribution in [3.05, 3.63) is 0 Å². The molecule has 0 N–H and O–H groups in total. The number of nitrogens with zero attached hydrogens (tertiary/aromatic N) is 4. The van der Waals surface area contributed by atoms with E-state index in [1.54, 1.807) is 20.8 Å². The molecule has 25 heavy (non-hydrogen) atoms. The minimum absolute atomic E-state index is 0.218. The molecule has 0 rings (SSSR count). The van der Waals surface area contributed by atoms with Gasteiger partial charge in [-0.1, -0.05) is 13.3 Å². The number of nitriles is 4. The summed E-state index contributed by atoms with van der Waals surface area (Å²) in [6.45, 7) is 8.01. The molecule has 0 aromatic heterocycles. The number of hydrogen-bond acceptors (Lipinski definition) is 7. The van der Waals surface area contributed by atoms with Gasteiger partial charge in [-0.15, -0.1) is 0 Å². The van der Waals surface area contributed by atoms with E-state index >= 15 is 0 Å². The Morgan fingerprint density at radius 1 is 0.840 bits per heavy atom. The molecular formula is C18H26N4O3. The Morgan fingerprint density at radius 3 is 1.72 bits per heavy atom. The van der Waals surface area contributed by atoms with Gasteiger partial charge in [0.1, 0.15) is 0 Å². The van der Waals surface area contributed by atoms with Crippen molar-refractivity contribution in [2.45, 2.75) is 59.4 Å². The normalized spacial score (nSPS) is 12.7. The van der Waals surface area contributed by atoms with Crippen LogP contribution in [-0.4, -0.2) is 32.2 Å². The van der Waals surface area contributed by atoms with E-state index in [-0.39, 0.29) is 6.42 Å². The molecule has 0 saturated heterocycles. The van der Waals surface area contributed by atoms with Gasteiger partial charge in [-0.3, -0.25) is 0 Å². The molecule has 0 spiro atoms. The summed E-state index contributed by atoms with van der Waals surface area (Å²) in [5.41, 5.74) is -3.91. The van der Waals surface area contributed by atoms with E-state index in [4.69, 9.17) is 14.2 Å². The molecule has 136 valence electrons. The minimum atomic E-state index is -1.96. The largest absolute Gasteiger partial charge is 0.376 e. The molecule has 7 nitrogen and oxygen atoms in total. The topological polar surface area (TPSA) is 123 Å². The summed E-state index contributed by atoms with van der Waals surface area (Å²) < 4.78 is 16.5. The molecule has 0 saturated carbocycles. The van der Waals surface area contributed by atoms with Crippen LogP contribution in [0, 0.1) is 56.2 Å².